The fraction of sp³-hybridized carbons (Fsp3) is 0.647. The second kappa shape index (κ2) is 7.75. The summed E-state index contributed by atoms with van der Waals surface area (Å²) in [4.78, 5) is 2.56. The van der Waals surface area contributed by atoms with Gasteiger partial charge in [0.05, 0.1) is 0 Å². The molecule has 0 amide bonds. The lowest BCUT2D eigenvalue weighted by molar-refractivity contribution is 0.240. The third-order valence-electron chi connectivity index (χ3n) is 4.47. The SMILES string of the molecule is CCC(C)C1CN(CCc2ccc(F)cc2)CCCN1. The third-order valence-corrected chi connectivity index (χ3v) is 4.47. The third kappa shape index (κ3) is 4.57. The summed E-state index contributed by atoms with van der Waals surface area (Å²) in [6, 6.07) is 7.52. The zero-order valence-electron chi connectivity index (χ0n) is 12.7. The van der Waals surface area contributed by atoms with Gasteiger partial charge < -0.3 is 10.2 Å². The van der Waals surface area contributed by atoms with E-state index >= 15 is 0 Å². The lowest BCUT2D eigenvalue weighted by Gasteiger charge is -2.28. The first-order valence-electron chi connectivity index (χ1n) is 7.89. The minimum atomic E-state index is -0.149. The van der Waals surface area contributed by atoms with Crippen molar-refractivity contribution >= 4 is 0 Å². The van der Waals surface area contributed by atoms with E-state index in [9.17, 15) is 4.39 Å². The largest absolute Gasteiger partial charge is 0.312 e. The molecule has 1 fully saturated rings. The zero-order chi connectivity index (χ0) is 14.4. The fourth-order valence-electron chi connectivity index (χ4n) is 2.83. The van der Waals surface area contributed by atoms with Gasteiger partial charge in [0, 0.05) is 19.1 Å². The molecular weight excluding hydrogens is 251 g/mol. The number of rotatable bonds is 5. The Morgan fingerprint density at radius 1 is 1.35 bits per heavy atom. The molecule has 1 aliphatic rings. The van der Waals surface area contributed by atoms with Crippen molar-refractivity contribution in [1.29, 1.82) is 0 Å². The molecule has 1 heterocycles. The summed E-state index contributed by atoms with van der Waals surface area (Å²) in [5.41, 5.74) is 1.23. The van der Waals surface area contributed by atoms with Gasteiger partial charge in [0.25, 0.3) is 0 Å². The summed E-state index contributed by atoms with van der Waals surface area (Å²) in [6.45, 7) is 9.10. The van der Waals surface area contributed by atoms with Crippen LogP contribution in [0.25, 0.3) is 0 Å². The molecule has 20 heavy (non-hydrogen) atoms. The average molecular weight is 278 g/mol. The maximum Gasteiger partial charge on any atom is 0.123 e. The second-order valence-electron chi connectivity index (χ2n) is 5.98. The average Bonchev–Trinajstić information content (AvgIpc) is 2.71. The van der Waals surface area contributed by atoms with Gasteiger partial charge in [0.2, 0.25) is 0 Å². The van der Waals surface area contributed by atoms with Gasteiger partial charge in [0.1, 0.15) is 5.82 Å². The molecule has 0 radical (unpaired) electrons. The topological polar surface area (TPSA) is 15.3 Å². The molecule has 1 aliphatic heterocycles. The van der Waals surface area contributed by atoms with Crippen LogP contribution in [0.4, 0.5) is 4.39 Å². The Morgan fingerprint density at radius 3 is 2.80 bits per heavy atom. The van der Waals surface area contributed by atoms with Gasteiger partial charge in [0.15, 0.2) is 0 Å². The first-order chi connectivity index (χ1) is 9.69. The van der Waals surface area contributed by atoms with Crippen LogP contribution < -0.4 is 5.32 Å². The van der Waals surface area contributed by atoms with Gasteiger partial charge in [-0.15, -0.1) is 0 Å². The number of hydrogen-bond donors (Lipinski definition) is 1. The quantitative estimate of drug-likeness (QED) is 0.890. The van der Waals surface area contributed by atoms with Crippen molar-refractivity contribution in [2.45, 2.75) is 39.2 Å². The Labute approximate surface area is 122 Å². The Hall–Kier alpha value is -0.930. The van der Waals surface area contributed by atoms with E-state index in [4.69, 9.17) is 0 Å². The van der Waals surface area contributed by atoms with E-state index < -0.39 is 0 Å². The van der Waals surface area contributed by atoms with E-state index in [1.807, 2.05) is 12.1 Å². The minimum Gasteiger partial charge on any atom is -0.312 e. The van der Waals surface area contributed by atoms with Crippen LogP contribution in [-0.2, 0) is 6.42 Å². The number of benzene rings is 1. The van der Waals surface area contributed by atoms with Crippen LogP contribution in [-0.4, -0.2) is 37.1 Å². The molecule has 2 nitrogen and oxygen atoms in total. The molecular formula is C17H27FN2. The van der Waals surface area contributed by atoms with Crippen LogP contribution in [0.2, 0.25) is 0 Å². The maximum absolute atomic E-state index is 12.9. The van der Waals surface area contributed by atoms with E-state index in [1.165, 1.54) is 24.9 Å². The Morgan fingerprint density at radius 2 is 2.10 bits per heavy atom. The van der Waals surface area contributed by atoms with Gasteiger partial charge in [-0.25, -0.2) is 4.39 Å². The molecule has 2 atom stereocenters. The van der Waals surface area contributed by atoms with Gasteiger partial charge in [-0.1, -0.05) is 32.4 Å². The molecule has 2 rings (SSSR count). The molecule has 0 aliphatic carbocycles. The van der Waals surface area contributed by atoms with Gasteiger partial charge in [-0.3, -0.25) is 0 Å². The highest BCUT2D eigenvalue weighted by atomic mass is 19.1. The van der Waals surface area contributed by atoms with Crippen LogP contribution in [0, 0.1) is 11.7 Å². The monoisotopic (exact) mass is 278 g/mol. The van der Waals surface area contributed by atoms with E-state index in [-0.39, 0.29) is 5.82 Å². The Balaban J connectivity index is 1.85. The normalized spacial score (nSPS) is 22.4. The molecule has 3 heteroatoms. The Bertz CT molecular complexity index is 390. The van der Waals surface area contributed by atoms with Crippen LogP contribution >= 0.6 is 0 Å². The molecule has 1 saturated heterocycles. The first kappa shape index (κ1) is 15.5. The first-order valence-corrected chi connectivity index (χ1v) is 7.89. The lowest BCUT2D eigenvalue weighted by atomic mass is 9.99. The van der Waals surface area contributed by atoms with Crippen molar-refractivity contribution < 1.29 is 4.39 Å². The standard InChI is InChI=1S/C17H27FN2/c1-3-14(2)17-13-20(11-4-10-19-17)12-9-15-5-7-16(18)8-6-15/h5-8,14,17,19H,3-4,9-13H2,1-2H3. The zero-order valence-corrected chi connectivity index (χ0v) is 12.7. The van der Waals surface area contributed by atoms with Gasteiger partial charge in [-0.05, 0) is 49.5 Å². The lowest BCUT2D eigenvalue weighted by Crippen LogP contribution is -2.42. The summed E-state index contributed by atoms with van der Waals surface area (Å²) in [5, 5.41) is 3.68. The van der Waals surface area contributed by atoms with Crippen molar-refractivity contribution in [2.75, 3.05) is 26.2 Å². The summed E-state index contributed by atoms with van der Waals surface area (Å²) >= 11 is 0. The van der Waals surface area contributed by atoms with Crippen molar-refractivity contribution in [3.05, 3.63) is 35.6 Å². The molecule has 1 aromatic carbocycles. The van der Waals surface area contributed by atoms with Crippen molar-refractivity contribution in [3.63, 3.8) is 0 Å². The number of hydrogen-bond acceptors (Lipinski definition) is 2. The molecule has 1 N–H and O–H groups in total. The summed E-state index contributed by atoms with van der Waals surface area (Å²) < 4.78 is 12.9. The molecule has 0 bridgehead atoms. The molecule has 1 aromatic rings. The van der Waals surface area contributed by atoms with Crippen molar-refractivity contribution in [2.24, 2.45) is 5.92 Å². The molecule has 0 spiro atoms. The highest BCUT2D eigenvalue weighted by Crippen LogP contribution is 2.13. The molecule has 2 unspecified atom stereocenters. The van der Waals surface area contributed by atoms with Crippen LogP contribution in [0.15, 0.2) is 24.3 Å². The van der Waals surface area contributed by atoms with E-state index in [0.29, 0.717) is 6.04 Å². The van der Waals surface area contributed by atoms with E-state index in [2.05, 4.69) is 24.1 Å². The number of halogens is 1. The smallest absolute Gasteiger partial charge is 0.123 e. The fourth-order valence-corrected chi connectivity index (χ4v) is 2.83. The van der Waals surface area contributed by atoms with Crippen LogP contribution in [0.1, 0.15) is 32.3 Å². The number of nitrogens with zero attached hydrogens (tertiary/aromatic N) is 1. The highest BCUT2D eigenvalue weighted by molar-refractivity contribution is 5.16. The molecule has 0 saturated carbocycles. The van der Waals surface area contributed by atoms with E-state index in [0.717, 1.165) is 32.0 Å². The maximum atomic E-state index is 12.9. The van der Waals surface area contributed by atoms with Gasteiger partial charge in [-0.2, -0.15) is 0 Å². The highest BCUT2D eigenvalue weighted by Gasteiger charge is 2.21. The number of nitrogens with one attached hydrogen (secondary N) is 1. The molecule has 0 aromatic heterocycles. The predicted octanol–water partition coefficient (Wildman–Crippen LogP) is 3.08. The summed E-state index contributed by atoms with van der Waals surface area (Å²) in [6.07, 6.45) is 3.45. The van der Waals surface area contributed by atoms with E-state index in [1.54, 1.807) is 12.1 Å². The summed E-state index contributed by atoms with van der Waals surface area (Å²) in [5.74, 6) is 0.575. The molecule has 112 valence electrons. The Kier molecular flexibility index (Phi) is 5.99. The van der Waals surface area contributed by atoms with Crippen LogP contribution in [0.3, 0.4) is 0 Å². The summed E-state index contributed by atoms with van der Waals surface area (Å²) in [7, 11) is 0. The minimum absolute atomic E-state index is 0.149. The van der Waals surface area contributed by atoms with Gasteiger partial charge >= 0.3 is 0 Å². The predicted molar refractivity (Wildman–Crippen MR) is 82.4 cm³/mol. The van der Waals surface area contributed by atoms with Crippen molar-refractivity contribution in [3.8, 4) is 0 Å². The van der Waals surface area contributed by atoms with Crippen LogP contribution in [0.5, 0.6) is 0 Å². The second-order valence-corrected chi connectivity index (χ2v) is 5.98. The van der Waals surface area contributed by atoms with Crippen molar-refractivity contribution in [1.82, 2.24) is 10.2 Å².